The molecule has 1 unspecified atom stereocenters. The molecule has 2 aromatic carbocycles. The molecule has 0 fully saturated rings. The average molecular weight is 419 g/mol. The predicted octanol–water partition coefficient (Wildman–Crippen LogP) is 4.98. The standard InChI is InChI=1S/C22H20F3NO4/c1-10(2)6-14(22(29)30)20-11(3)26(18-9-17(25)19(27)8-13(18)20)21(28)12-4-5-15(23)16(24)7-12/h4-5,7-10,14,27H,6H2,1-3H3,(H,29,30). The molecule has 1 atom stereocenters. The van der Waals surface area contributed by atoms with E-state index in [4.69, 9.17) is 0 Å². The van der Waals surface area contributed by atoms with Gasteiger partial charge in [-0.15, -0.1) is 0 Å². The van der Waals surface area contributed by atoms with Crippen LogP contribution >= 0.6 is 0 Å². The molecule has 0 spiro atoms. The molecule has 8 heteroatoms. The normalized spacial score (nSPS) is 12.5. The summed E-state index contributed by atoms with van der Waals surface area (Å²) in [6, 6.07) is 4.62. The topological polar surface area (TPSA) is 79.5 Å². The number of carboxylic acids is 1. The van der Waals surface area contributed by atoms with Crippen LogP contribution in [0.3, 0.4) is 0 Å². The number of halogens is 3. The third-order valence-electron chi connectivity index (χ3n) is 5.04. The maximum absolute atomic E-state index is 14.1. The molecule has 0 saturated heterocycles. The summed E-state index contributed by atoms with van der Waals surface area (Å²) >= 11 is 0. The number of carbonyl (C=O) groups excluding carboxylic acids is 1. The van der Waals surface area contributed by atoms with E-state index >= 15 is 0 Å². The Labute approximate surface area is 170 Å². The first-order valence-corrected chi connectivity index (χ1v) is 9.28. The number of hydrogen-bond donors (Lipinski definition) is 2. The highest BCUT2D eigenvalue weighted by Gasteiger charge is 2.31. The van der Waals surface area contributed by atoms with Gasteiger partial charge in [-0.05, 0) is 49.1 Å². The number of rotatable bonds is 5. The van der Waals surface area contributed by atoms with Crippen LogP contribution in [-0.2, 0) is 4.79 Å². The molecule has 5 nitrogen and oxygen atoms in total. The molecule has 1 heterocycles. The molecule has 3 rings (SSSR count). The Bertz CT molecular complexity index is 1170. The fraction of sp³-hybridized carbons (Fsp3) is 0.273. The Morgan fingerprint density at radius 2 is 1.70 bits per heavy atom. The molecule has 0 aliphatic heterocycles. The lowest BCUT2D eigenvalue weighted by Gasteiger charge is -2.16. The number of phenolic OH excluding ortho intramolecular Hbond substituents is 1. The van der Waals surface area contributed by atoms with Gasteiger partial charge in [-0.3, -0.25) is 14.2 Å². The molecule has 0 aliphatic rings. The van der Waals surface area contributed by atoms with Crippen molar-refractivity contribution in [2.75, 3.05) is 0 Å². The van der Waals surface area contributed by atoms with E-state index in [1.807, 2.05) is 13.8 Å². The Morgan fingerprint density at radius 1 is 1.03 bits per heavy atom. The predicted molar refractivity (Wildman–Crippen MR) is 104 cm³/mol. The first-order chi connectivity index (χ1) is 14.0. The van der Waals surface area contributed by atoms with Crippen molar-refractivity contribution in [1.29, 1.82) is 0 Å². The second-order valence-corrected chi connectivity index (χ2v) is 7.61. The van der Waals surface area contributed by atoms with Crippen molar-refractivity contribution >= 4 is 22.8 Å². The van der Waals surface area contributed by atoms with Crippen LogP contribution < -0.4 is 0 Å². The highest BCUT2D eigenvalue weighted by Crippen LogP contribution is 2.38. The molecule has 3 aromatic rings. The van der Waals surface area contributed by atoms with E-state index in [1.165, 1.54) is 6.92 Å². The van der Waals surface area contributed by atoms with E-state index in [1.54, 1.807) is 0 Å². The van der Waals surface area contributed by atoms with Crippen LogP contribution in [0.1, 0.15) is 47.8 Å². The molecule has 2 N–H and O–H groups in total. The Kier molecular flexibility index (Phi) is 5.61. The van der Waals surface area contributed by atoms with Gasteiger partial charge in [-0.1, -0.05) is 13.8 Å². The van der Waals surface area contributed by atoms with Gasteiger partial charge in [0.2, 0.25) is 0 Å². The first kappa shape index (κ1) is 21.4. The average Bonchev–Trinajstić information content (AvgIpc) is 2.92. The minimum atomic E-state index is -1.22. The first-order valence-electron chi connectivity index (χ1n) is 9.28. The molecule has 0 saturated carbocycles. The van der Waals surface area contributed by atoms with Gasteiger partial charge in [0.15, 0.2) is 23.2 Å². The number of nitrogens with zero attached hydrogens (tertiary/aromatic N) is 1. The summed E-state index contributed by atoms with van der Waals surface area (Å²) in [4.78, 5) is 25.1. The van der Waals surface area contributed by atoms with E-state index in [0.717, 1.165) is 34.9 Å². The van der Waals surface area contributed by atoms with Crippen molar-refractivity contribution in [1.82, 2.24) is 4.57 Å². The van der Waals surface area contributed by atoms with Crippen molar-refractivity contribution in [3.8, 4) is 5.75 Å². The minimum absolute atomic E-state index is 0.000147. The molecule has 0 bridgehead atoms. The second-order valence-electron chi connectivity index (χ2n) is 7.61. The number of carboxylic acid groups (broad SMARTS) is 1. The van der Waals surface area contributed by atoms with Crippen LogP contribution in [0.15, 0.2) is 30.3 Å². The monoisotopic (exact) mass is 419 g/mol. The van der Waals surface area contributed by atoms with E-state index < -0.39 is 41.0 Å². The van der Waals surface area contributed by atoms with Crippen molar-refractivity contribution in [2.24, 2.45) is 5.92 Å². The summed E-state index contributed by atoms with van der Waals surface area (Å²) in [7, 11) is 0. The number of hydrogen-bond acceptors (Lipinski definition) is 3. The fourth-order valence-electron chi connectivity index (χ4n) is 3.72. The minimum Gasteiger partial charge on any atom is -0.505 e. The SMILES string of the molecule is Cc1c(C(CC(C)C)C(=O)O)c2cc(O)c(F)cc2n1C(=O)c1ccc(F)c(F)c1. The molecule has 30 heavy (non-hydrogen) atoms. The van der Waals surface area contributed by atoms with E-state index in [0.29, 0.717) is 0 Å². The number of fused-ring (bicyclic) bond motifs is 1. The molecular formula is C22H20F3NO4. The molecule has 158 valence electrons. The van der Waals surface area contributed by atoms with Crippen LogP contribution in [0, 0.1) is 30.3 Å². The molecule has 0 radical (unpaired) electrons. The summed E-state index contributed by atoms with van der Waals surface area (Å²) in [6.45, 7) is 5.18. The number of aromatic nitrogens is 1. The second kappa shape index (κ2) is 7.85. The van der Waals surface area contributed by atoms with E-state index in [9.17, 15) is 33.0 Å². The van der Waals surface area contributed by atoms with Crippen LogP contribution in [0.25, 0.3) is 10.9 Å². The third-order valence-corrected chi connectivity index (χ3v) is 5.04. The van der Waals surface area contributed by atoms with Gasteiger partial charge in [-0.25, -0.2) is 13.2 Å². The summed E-state index contributed by atoms with van der Waals surface area (Å²) < 4.78 is 42.1. The lowest BCUT2D eigenvalue weighted by molar-refractivity contribution is -0.139. The van der Waals surface area contributed by atoms with Crippen molar-refractivity contribution in [3.05, 3.63) is 64.6 Å². The van der Waals surface area contributed by atoms with Crippen molar-refractivity contribution in [3.63, 3.8) is 0 Å². The number of carbonyl (C=O) groups is 2. The highest BCUT2D eigenvalue weighted by atomic mass is 19.2. The Balaban J connectivity index is 2.33. The summed E-state index contributed by atoms with van der Waals surface area (Å²) in [5.41, 5.74) is 0.322. The Hall–Kier alpha value is -3.29. The van der Waals surface area contributed by atoms with Gasteiger partial charge < -0.3 is 10.2 Å². The van der Waals surface area contributed by atoms with E-state index in [-0.39, 0.29) is 40.1 Å². The van der Waals surface area contributed by atoms with E-state index in [2.05, 4.69) is 0 Å². The maximum atomic E-state index is 14.1. The van der Waals surface area contributed by atoms with Crippen LogP contribution in [0.2, 0.25) is 0 Å². The molecule has 0 aliphatic carbocycles. The van der Waals surface area contributed by atoms with Crippen molar-refractivity contribution in [2.45, 2.75) is 33.1 Å². The van der Waals surface area contributed by atoms with Gasteiger partial charge in [0.25, 0.3) is 5.91 Å². The quantitative estimate of drug-likeness (QED) is 0.612. The number of aliphatic carboxylic acids is 1. The van der Waals surface area contributed by atoms with Gasteiger partial charge in [-0.2, -0.15) is 0 Å². The van der Waals surface area contributed by atoms with Gasteiger partial charge >= 0.3 is 5.97 Å². The zero-order valence-electron chi connectivity index (χ0n) is 16.5. The largest absolute Gasteiger partial charge is 0.505 e. The molecule has 1 aromatic heterocycles. The van der Waals surface area contributed by atoms with Crippen LogP contribution in [-0.4, -0.2) is 26.7 Å². The number of phenols is 1. The van der Waals surface area contributed by atoms with Gasteiger partial charge in [0, 0.05) is 22.7 Å². The number of benzene rings is 2. The Morgan fingerprint density at radius 3 is 2.27 bits per heavy atom. The summed E-state index contributed by atoms with van der Waals surface area (Å²) in [5, 5.41) is 19.9. The van der Waals surface area contributed by atoms with Crippen LogP contribution in [0.4, 0.5) is 13.2 Å². The van der Waals surface area contributed by atoms with Crippen molar-refractivity contribution < 1.29 is 33.0 Å². The van der Waals surface area contributed by atoms with Gasteiger partial charge in [0.1, 0.15) is 0 Å². The smallest absolute Gasteiger partial charge is 0.311 e. The van der Waals surface area contributed by atoms with Crippen LogP contribution in [0.5, 0.6) is 5.75 Å². The zero-order chi connectivity index (χ0) is 22.3. The maximum Gasteiger partial charge on any atom is 0.311 e. The third kappa shape index (κ3) is 3.65. The zero-order valence-corrected chi connectivity index (χ0v) is 16.5. The van der Waals surface area contributed by atoms with Gasteiger partial charge in [0.05, 0.1) is 11.4 Å². The number of aromatic hydroxyl groups is 1. The lowest BCUT2D eigenvalue weighted by atomic mass is 9.88. The lowest BCUT2D eigenvalue weighted by Crippen LogP contribution is -2.17. The fourth-order valence-corrected chi connectivity index (χ4v) is 3.72. The summed E-state index contributed by atoms with van der Waals surface area (Å²) in [6.07, 6.45) is 0.243. The highest BCUT2D eigenvalue weighted by molar-refractivity contribution is 6.05. The summed E-state index contributed by atoms with van der Waals surface area (Å²) in [5.74, 6) is -6.95. The molecular weight excluding hydrogens is 399 g/mol. The molecule has 0 amide bonds.